The van der Waals surface area contributed by atoms with E-state index >= 15 is 0 Å². The van der Waals surface area contributed by atoms with Crippen LogP contribution >= 0.6 is 0 Å². The zero-order valence-corrected chi connectivity index (χ0v) is 13.1. The van der Waals surface area contributed by atoms with Crippen molar-refractivity contribution in [1.82, 2.24) is 9.80 Å². The molecule has 0 bridgehead atoms. The van der Waals surface area contributed by atoms with Crippen LogP contribution in [0.4, 0.5) is 0 Å². The highest BCUT2D eigenvalue weighted by Crippen LogP contribution is 2.19. The number of hydrogen-bond donors (Lipinski definition) is 2. The Morgan fingerprint density at radius 1 is 1.27 bits per heavy atom. The van der Waals surface area contributed by atoms with E-state index in [9.17, 15) is 14.7 Å². The van der Waals surface area contributed by atoms with Gasteiger partial charge in [-0.05, 0) is 44.2 Å². The fourth-order valence-corrected chi connectivity index (χ4v) is 2.76. The second kappa shape index (κ2) is 6.46. The van der Waals surface area contributed by atoms with Gasteiger partial charge in [0.25, 0.3) is 5.91 Å². The zero-order chi connectivity index (χ0) is 16.4. The van der Waals surface area contributed by atoms with Crippen LogP contribution in [-0.4, -0.2) is 70.7 Å². The van der Waals surface area contributed by atoms with Gasteiger partial charge in [-0.15, -0.1) is 0 Å². The largest absolute Gasteiger partial charge is 0.480 e. The predicted molar refractivity (Wildman–Crippen MR) is 81.9 cm³/mol. The quantitative estimate of drug-likeness (QED) is 0.847. The Balaban J connectivity index is 2.09. The van der Waals surface area contributed by atoms with Crippen molar-refractivity contribution >= 4 is 11.9 Å². The van der Waals surface area contributed by atoms with E-state index in [-0.39, 0.29) is 25.0 Å². The average molecular weight is 306 g/mol. The van der Waals surface area contributed by atoms with Crippen LogP contribution in [0.1, 0.15) is 21.5 Å². The van der Waals surface area contributed by atoms with Crippen molar-refractivity contribution in [3.63, 3.8) is 0 Å². The fourth-order valence-electron chi connectivity index (χ4n) is 2.76. The summed E-state index contributed by atoms with van der Waals surface area (Å²) in [6.07, 6.45) is -0.736. The molecule has 1 aromatic carbocycles. The van der Waals surface area contributed by atoms with Crippen LogP contribution in [0.2, 0.25) is 0 Å². The molecule has 0 aromatic heterocycles. The third-order valence-electron chi connectivity index (χ3n) is 4.25. The smallest absolute Gasteiger partial charge is 0.317 e. The number of aliphatic carboxylic acids is 1. The number of rotatable bonds is 4. The zero-order valence-electron chi connectivity index (χ0n) is 13.1. The highest BCUT2D eigenvalue weighted by atomic mass is 16.4. The predicted octanol–water partition coefficient (Wildman–Crippen LogP) is 0.505. The fraction of sp³-hybridized carbons (Fsp3) is 0.500. The number of benzene rings is 1. The Hall–Kier alpha value is -1.92. The lowest BCUT2D eigenvalue weighted by atomic mass is 10.1. The molecule has 120 valence electrons. The summed E-state index contributed by atoms with van der Waals surface area (Å²) in [6.45, 7) is 4.33. The van der Waals surface area contributed by atoms with Crippen LogP contribution in [0.15, 0.2) is 18.2 Å². The Morgan fingerprint density at radius 2 is 1.95 bits per heavy atom. The molecule has 1 aromatic rings. The summed E-state index contributed by atoms with van der Waals surface area (Å²) in [7, 11) is 1.64. The number of amides is 1. The maximum Gasteiger partial charge on any atom is 0.317 e. The van der Waals surface area contributed by atoms with Crippen molar-refractivity contribution in [2.75, 3.05) is 26.7 Å². The van der Waals surface area contributed by atoms with Gasteiger partial charge in [-0.25, -0.2) is 0 Å². The number of nitrogens with zero attached hydrogens (tertiary/aromatic N) is 2. The molecule has 0 unspecified atom stereocenters. The van der Waals surface area contributed by atoms with Gasteiger partial charge in [0.1, 0.15) is 0 Å². The van der Waals surface area contributed by atoms with Crippen molar-refractivity contribution in [1.29, 1.82) is 0 Å². The number of carbonyl (C=O) groups is 2. The normalized spacial score (nSPS) is 21.4. The molecule has 22 heavy (non-hydrogen) atoms. The lowest BCUT2D eigenvalue weighted by Gasteiger charge is -2.24. The van der Waals surface area contributed by atoms with Crippen LogP contribution in [0, 0.1) is 13.8 Å². The maximum atomic E-state index is 12.5. The highest BCUT2D eigenvalue weighted by molar-refractivity contribution is 5.94. The monoisotopic (exact) mass is 306 g/mol. The summed E-state index contributed by atoms with van der Waals surface area (Å²) in [4.78, 5) is 26.5. The van der Waals surface area contributed by atoms with E-state index in [4.69, 9.17) is 5.11 Å². The summed E-state index contributed by atoms with van der Waals surface area (Å²) in [6, 6.07) is 5.18. The van der Waals surface area contributed by atoms with E-state index < -0.39 is 12.1 Å². The Bertz CT molecular complexity index is 588. The van der Waals surface area contributed by atoms with Crippen LogP contribution in [0.25, 0.3) is 0 Å². The molecule has 0 saturated carbocycles. The number of likely N-dealkylation sites (tertiary alicyclic amines) is 1. The molecule has 1 fully saturated rings. The molecular weight excluding hydrogens is 284 g/mol. The Morgan fingerprint density at radius 3 is 2.55 bits per heavy atom. The first-order chi connectivity index (χ1) is 10.3. The Labute approximate surface area is 130 Å². The third-order valence-corrected chi connectivity index (χ3v) is 4.25. The molecule has 1 heterocycles. The van der Waals surface area contributed by atoms with E-state index in [1.54, 1.807) is 22.9 Å². The number of carboxylic acid groups (broad SMARTS) is 1. The summed E-state index contributed by atoms with van der Waals surface area (Å²) >= 11 is 0. The minimum atomic E-state index is -0.950. The highest BCUT2D eigenvalue weighted by Gasteiger charge is 2.37. The second-order valence-electron chi connectivity index (χ2n) is 5.95. The first-order valence-corrected chi connectivity index (χ1v) is 7.26. The van der Waals surface area contributed by atoms with E-state index in [1.807, 2.05) is 26.0 Å². The molecule has 6 heteroatoms. The van der Waals surface area contributed by atoms with Crippen molar-refractivity contribution in [2.45, 2.75) is 26.0 Å². The minimum absolute atomic E-state index is 0.131. The lowest BCUT2D eigenvalue weighted by molar-refractivity contribution is -0.138. The van der Waals surface area contributed by atoms with E-state index in [0.29, 0.717) is 12.1 Å². The molecule has 2 atom stereocenters. The average Bonchev–Trinajstić information content (AvgIpc) is 2.82. The van der Waals surface area contributed by atoms with E-state index in [2.05, 4.69) is 0 Å². The lowest BCUT2D eigenvalue weighted by Crippen LogP contribution is -2.43. The number of carbonyl (C=O) groups excluding carboxylic acids is 1. The molecule has 2 rings (SSSR count). The number of carboxylic acids is 1. The minimum Gasteiger partial charge on any atom is -0.480 e. The van der Waals surface area contributed by atoms with Crippen LogP contribution < -0.4 is 0 Å². The molecule has 6 nitrogen and oxygen atoms in total. The third kappa shape index (κ3) is 3.45. The standard InChI is InChI=1S/C16H22N2O4/c1-10-4-5-12(6-11(10)2)16(22)18-7-13(14(19)8-18)17(3)9-15(20)21/h4-6,13-14,19H,7-9H2,1-3H3,(H,20,21)/t13-,14+/m0/s1. The molecular formula is C16H22N2O4. The second-order valence-corrected chi connectivity index (χ2v) is 5.95. The van der Waals surface area contributed by atoms with Gasteiger partial charge in [-0.2, -0.15) is 0 Å². The van der Waals surface area contributed by atoms with Gasteiger partial charge in [0.2, 0.25) is 0 Å². The van der Waals surface area contributed by atoms with Crippen molar-refractivity contribution in [3.8, 4) is 0 Å². The van der Waals surface area contributed by atoms with Crippen LogP contribution in [-0.2, 0) is 4.79 Å². The van der Waals surface area contributed by atoms with Crippen LogP contribution in [0.5, 0.6) is 0 Å². The molecule has 2 N–H and O–H groups in total. The Kier molecular flexibility index (Phi) is 4.83. The number of β-amino-alcohol motifs (C(OH)–C–C–N with tert-alkyl or cyclic N) is 1. The SMILES string of the molecule is Cc1ccc(C(=O)N2C[C@@H](O)[C@@H](N(C)CC(=O)O)C2)cc1C. The van der Waals surface area contributed by atoms with Gasteiger partial charge in [0, 0.05) is 18.7 Å². The summed E-state index contributed by atoms with van der Waals surface area (Å²) in [5.74, 6) is -1.08. The topological polar surface area (TPSA) is 81.1 Å². The maximum absolute atomic E-state index is 12.5. The number of aryl methyl sites for hydroxylation is 2. The first-order valence-electron chi connectivity index (χ1n) is 7.26. The molecule has 1 saturated heterocycles. The molecule has 1 amide bonds. The van der Waals surface area contributed by atoms with E-state index in [0.717, 1.165) is 11.1 Å². The molecule has 0 spiro atoms. The van der Waals surface area contributed by atoms with Gasteiger partial charge < -0.3 is 15.1 Å². The molecule has 0 aliphatic carbocycles. The van der Waals surface area contributed by atoms with Gasteiger partial charge in [-0.3, -0.25) is 14.5 Å². The molecule has 1 aliphatic heterocycles. The van der Waals surface area contributed by atoms with Gasteiger partial charge in [0.05, 0.1) is 18.7 Å². The van der Waals surface area contributed by atoms with E-state index in [1.165, 1.54) is 0 Å². The summed E-state index contributed by atoms with van der Waals surface area (Å²) in [5, 5.41) is 18.9. The van der Waals surface area contributed by atoms with Gasteiger partial charge in [0.15, 0.2) is 0 Å². The number of likely N-dealkylation sites (N-methyl/N-ethyl adjacent to an activating group) is 1. The molecule has 0 radical (unpaired) electrons. The van der Waals surface area contributed by atoms with Crippen LogP contribution in [0.3, 0.4) is 0 Å². The number of hydrogen-bond acceptors (Lipinski definition) is 4. The number of aliphatic hydroxyl groups excluding tert-OH is 1. The van der Waals surface area contributed by atoms with Gasteiger partial charge in [-0.1, -0.05) is 6.07 Å². The summed E-state index contributed by atoms with van der Waals surface area (Å²) in [5.41, 5.74) is 2.76. The molecule has 1 aliphatic rings. The van der Waals surface area contributed by atoms with Crippen molar-refractivity contribution in [2.24, 2.45) is 0 Å². The first kappa shape index (κ1) is 16.5. The summed E-state index contributed by atoms with van der Waals surface area (Å²) < 4.78 is 0. The van der Waals surface area contributed by atoms with Crippen molar-refractivity contribution in [3.05, 3.63) is 34.9 Å². The van der Waals surface area contributed by atoms with Gasteiger partial charge >= 0.3 is 5.97 Å². The van der Waals surface area contributed by atoms with Crippen molar-refractivity contribution < 1.29 is 19.8 Å². The number of aliphatic hydroxyl groups is 1.